The van der Waals surface area contributed by atoms with Crippen molar-refractivity contribution in [3.63, 3.8) is 0 Å². The Morgan fingerprint density at radius 3 is 2.48 bits per heavy atom. The lowest BCUT2D eigenvalue weighted by Gasteiger charge is -2.15. The molecule has 1 aliphatic heterocycles. The van der Waals surface area contributed by atoms with E-state index in [1.165, 1.54) is 12.1 Å². The van der Waals surface area contributed by atoms with Crippen LogP contribution in [0.25, 0.3) is 5.69 Å². The van der Waals surface area contributed by atoms with Crippen LogP contribution in [-0.2, 0) is 10.2 Å². The van der Waals surface area contributed by atoms with Crippen LogP contribution in [0.1, 0.15) is 29.0 Å². The van der Waals surface area contributed by atoms with Crippen LogP contribution in [0.3, 0.4) is 0 Å². The van der Waals surface area contributed by atoms with Gasteiger partial charge in [0.2, 0.25) is 11.7 Å². The van der Waals surface area contributed by atoms with Crippen molar-refractivity contribution < 1.29 is 18.8 Å². The SMILES string of the molecule is NC(=O)c1noc(=O)n1-c1cc(Cl)c(Oc2ccc3c(c2Cl)C2(CC2)C(=O)N3)c(Cl)c1. The van der Waals surface area contributed by atoms with Gasteiger partial charge < -0.3 is 15.8 Å². The number of primary amides is 1. The summed E-state index contributed by atoms with van der Waals surface area (Å²) in [6, 6.07) is 5.97. The van der Waals surface area contributed by atoms with Crippen molar-refractivity contribution in [3.8, 4) is 17.2 Å². The predicted octanol–water partition coefficient (Wildman–Crippen LogP) is 3.66. The fraction of sp³-hybridized carbons (Fsp3) is 0.158. The summed E-state index contributed by atoms with van der Waals surface area (Å²) >= 11 is 19.3. The van der Waals surface area contributed by atoms with Crippen molar-refractivity contribution in [2.24, 2.45) is 5.73 Å². The fourth-order valence-electron chi connectivity index (χ4n) is 3.68. The third-order valence-corrected chi connectivity index (χ3v) is 6.23. The van der Waals surface area contributed by atoms with E-state index in [0.29, 0.717) is 24.1 Å². The van der Waals surface area contributed by atoms with Gasteiger partial charge in [-0.25, -0.2) is 9.36 Å². The number of fused-ring (bicyclic) bond motifs is 2. The first-order valence-electron chi connectivity index (χ1n) is 8.93. The molecule has 1 fully saturated rings. The van der Waals surface area contributed by atoms with Crippen LogP contribution in [0.5, 0.6) is 11.5 Å². The highest BCUT2D eigenvalue weighted by Gasteiger charge is 2.57. The molecule has 1 saturated carbocycles. The fourth-order valence-corrected chi connectivity index (χ4v) is 4.62. The molecule has 31 heavy (non-hydrogen) atoms. The number of nitrogens with one attached hydrogen (secondary N) is 1. The Morgan fingerprint density at radius 1 is 1.19 bits per heavy atom. The maximum absolute atomic E-state index is 12.3. The molecule has 1 spiro atoms. The molecule has 2 amide bonds. The predicted molar refractivity (Wildman–Crippen MR) is 112 cm³/mol. The molecule has 2 aliphatic rings. The number of hydrogen-bond acceptors (Lipinski definition) is 6. The molecule has 12 heteroatoms. The molecule has 0 bridgehead atoms. The highest BCUT2D eigenvalue weighted by molar-refractivity contribution is 6.38. The molecule has 3 aromatic rings. The zero-order valence-electron chi connectivity index (χ0n) is 15.4. The number of ether oxygens (including phenoxy) is 1. The van der Waals surface area contributed by atoms with Gasteiger partial charge in [-0.15, -0.1) is 0 Å². The maximum atomic E-state index is 12.3. The molecule has 2 heterocycles. The van der Waals surface area contributed by atoms with E-state index < -0.39 is 22.9 Å². The Kier molecular flexibility index (Phi) is 4.34. The smallest absolute Gasteiger partial charge is 0.446 e. The summed E-state index contributed by atoms with van der Waals surface area (Å²) in [5, 5.41) is 6.52. The second kappa shape index (κ2) is 6.74. The first-order chi connectivity index (χ1) is 14.7. The number of aromatic nitrogens is 2. The third-order valence-electron chi connectivity index (χ3n) is 5.30. The van der Waals surface area contributed by atoms with Gasteiger partial charge in [0.05, 0.1) is 26.2 Å². The minimum Gasteiger partial charge on any atom is -0.453 e. The summed E-state index contributed by atoms with van der Waals surface area (Å²) in [5.74, 6) is -2.07. The maximum Gasteiger partial charge on any atom is 0.446 e. The zero-order chi connectivity index (χ0) is 22.1. The number of carbonyl (C=O) groups excluding carboxylic acids is 2. The van der Waals surface area contributed by atoms with Gasteiger partial charge in [-0.3, -0.25) is 14.1 Å². The summed E-state index contributed by atoms with van der Waals surface area (Å²) in [6.45, 7) is 0. The normalized spacial score (nSPS) is 15.6. The average Bonchev–Trinajstić information content (AvgIpc) is 3.32. The molecule has 0 radical (unpaired) electrons. The average molecular weight is 482 g/mol. The van der Waals surface area contributed by atoms with Crippen LogP contribution in [-0.4, -0.2) is 21.5 Å². The van der Waals surface area contributed by atoms with Gasteiger partial charge in [-0.2, -0.15) is 0 Å². The number of rotatable bonds is 4. The van der Waals surface area contributed by atoms with Gasteiger partial charge in [0.1, 0.15) is 5.75 Å². The highest BCUT2D eigenvalue weighted by atomic mass is 35.5. The van der Waals surface area contributed by atoms with Crippen molar-refractivity contribution in [1.29, 1.82) is 0 Å². The Balaban J connectivity index is 1.55. The molecule has 5 rings (SSSR count). The molecule has 0 saturated heterocycles. The number of nitrogens with two attached hydrogens (primary N) is 1. The van der Waals surface area contributed by atoms with Crippen molar-refractivity contribution in [1.82, 2.24) is 9.72 Å². The van der Waals surface area contributed by atoms with Gasteiger partial charge in [0, 0.05) is 11.3 Å². The van der Waals surface area contributed by atoms with E-state index in [2.05, 4.69) is 15.0 Å². The number of nitrogens with zero attached hydrogens (tertiary/aromatic N) is 2. The van der Waals surface area contributed by atoms with Gasteiger partial charge in [-0.1, -0.05) is 34.8 Å². The summed E-state index contributed by atoms with van der Waals surface area (Å²) in [6.07, 6.45) is 1.42. The minimum absolute atomic E-state index is 0.0259. The van der Waals surface area contributed by atoms with Gasteiger partial charge >= 0.3 is 5.76 Å². The molecule has 0 unspecified atom stereocenters. The van der Waals surface area contributed by atoms with Crippen LogP contribution >= 0.6 is 34.8 Å². The molecule has 2 aromatic carbocycles. The number of halogens is 3. The second-order valence-corrected chi connectivity index (χ2v) is 8.34. The van der Waals surface area contributed by atoms with Crippen molar-refractivity contribution >= 4 is 52.3 Å². The van der Waals surface area contributed by atoms with E-state index in [-0.39, 0.29) is 38.2 Å². The standard InChI is InChI=1S/C19H11Cl3N4O5/c20-8-5-7(26-16(15(23)27)25-31-18(26)29)6-9(21)14(8)30-11-2-1-10-12(13(11)22)19(3-4-19)17(28)24-10/h1-2,5-6H,3-4H2,(H2,23,27)(H,24,28). The number of carbonyl (C=O) groups is 2. The highest BCUT2D eigenvalue weighted by Crippen LogP contribution is 2.59. The first-order valence-corrected chi connectivity index (χ1v) is 10.1. The lowest BCUT2D eigenvalue weighted by atomic mass is 9.97. The number of amides is 2. The monoisotopic (exact) mass is 480 g/mol. The van der Waals surface area contributed by atoms with E-state index in [1.807, 2.05) is 0 Å². The second-order valence-electron chi connectivity index (χ2n) is 7.15. The minimum atomic E-state index is -0.972. The van der Waals surface area contributed by atoms with Crippen LogP contribution in [0.4, 0.5) is 5.69 Å². The van der Waals surface area contributed by atoms with Crippen molar-refractivity contribution in [3.05, 3.63) is 61.3 Å². The molecule has 0 atom stereocenters. The Bertz CT molecular complexity index is 1340. The molecule has 1 aromatic heterocycles. The first kappa shape index (κ1) is 19.9. The molecular weight excluding hydrogens is 471 g/mol. The molecular formula is C19H11Cl3N4O5. The van der Waals surface area contributed by atoms with Gasteiger partial charge in [-0.05, 0) is 42.3 Å². The van der Waals surface area contributed by atoms with Gasteiger partial charge in [0.15, 0.2) is 5.75 Å². The number of hydrogen-bond donors (Lipinski definition) is 2. The van der Waals surface area contributed by atoms with Crippen LogP contribution < -0.4 is 21.5 Å². The topological polar surface area (TPSA) is 129 Å². The largest absolute Gasteiger partial charge is 0.453 e. The molecule has 9 nitrogen and oxygen atoms in total. The van der Waals surface area contributed by atoms with E-state index in [9.17, 15) is 14.4 Å². The Hall–Kier alpha value is -3.01. The van der Waals surface area contributed by atoms with E-state index in [4.69, 9.17) is 45.3 Å². The lowest BCUT2D eigenvalue weighted by molar-refractivity contribution is -0.117. The molecule has 1 aliphatic carbocycles. The summed E-state index contributed by atoms with van der Waals surface area (Å²) in [4.78, 5) is 35.7. The number of benzene rings is 2. The van der Waals surface area contributed by atoms with E-state index in [0.717, 1.165) is 4.57 Å². The Morgan fingerprint density at radius 2 is 1.87 bits per heavy atom. The van der Waals surface area contributed by atoms with Crippen LogP contribution in [0.15, 0.2) is 33.6 Å². The summed E-state index contributed by atoms with van der Waals surface area (Å²) in [5.41, 5.74) is 6.06. The lowest BCUT2D eigenvalue weighted by Crippen LogP contribution is -2.22. The summed E-state index contributed by atoms with van der Waals surface area (Å²) in [7, 11) is 0. The van der Waals surface area contributed by atoms with Gasteiger partial charge in [0.25, 0.3) is 5.91 Å². The molecule has 3 N–H and O–H groups in total. The van der Waals surface area contributed by atoms with Crippen molar-refractivity contribution in [2.75, 3.05) is 5.32 Å². The van der Waals surface area contributed by atoms with E-state index in [1.54, 1.807) is 12.1 Å². The van der Waals surface area contributed by atoms with Crippen molar-refractivity contribution in [2.45, 2.75) is 18.3 Å². The third kappa shape index (κ3) is 2.92. The van der Waals surface area contributed by atoms with Crippen LogP contribution in [0, 0.1) is 0 Å². The molecule has 158 valence electrons. The van der Waals surface area contributed by atoms with E-state index >= 15 is 0 Å². The zero-order valence-corrected chi connectivity index (χ0v) is 17.6. The Labute approximate surface area is 188 Å². The van der Waals surface area contributed by atoms with Crippen LogP contribution in [0.2, 0.25) is 15.1 Å². The summed E-state index contributed by atoms with van der Waals surface area (Å²) < 4.78 is 11.2. The quantitative estimate of drug-likeness (QED) is 0.585. The number of anilines is 1.